The molecule has 1 aliphatic rings. The van der Waals surface area contributed by atoms with Crippen LogP contribution in [0.3, 0.4) is 0 Å². The number of alkyl halides is 4. The molecule has 0 bridgehead atoms. The first kappa shape index (κ1) is 21.0. The summed E-state index contributed by atoms with van der Waals surface area (Å²) in [4.78, 5) is 16.6. The van der Waals surface area contributed by atoms with E-state index in [0.29, 0.717) is 0 Å². The van der Waals surface area contributed by atoms with Crippen LogP contribution in [0, 0.1) is 0 Å². The summed E-state index contributed by atoms with van der Waals surface area (Å²) in [6, 6.07) is 4.34. The van der Waals surface area contributed by atoms with Gasteiger partial charge in [-0.05, 0) is 43.0 Å². The van der Waals surface area contributed by atoms with Crippen LogP contribution in [-0.4, -0.2) is 15.9 Å². The zero-order chi connectivity index (χ0) is 20.7. The molecule has 150 valence electrons. The molecule has 1 aliphatic carbocycles. The van der Waals surface area contributed by atoms with Crippen LogP contribution in [-0.2, 0) is 23.1 Å². The smallest absolute Gasteiger partial charge is 0.387 e. The van der Waals surface area contributed by atoms with Crippen molar-refractivity contribution in [1.29, 1.82) is 0 Å². The lowest BCUT2D eigenvalue weighted by atomic mass is 9.77. The van der Waals surface area contributed by atoms with E-state index in [0.717, 1.165) is 12.1 Å². The highest BCUT2D eigenvalue weighted by Gasteiger charge is 2.46. The van der Waals surface area contributed by atoms with Crippen molar-refractivity contribution in [3.63, 3.8) is 0 Å². The molecule has 0 spiro atoms. The lowest BCUT2D eigenvalue weighted by Crippen LogP contribution is -2.37. The second-order valence-electron chi connectivity index (χ2n) is 6.63. The fourth-order valence-corrected chi connectivity index (χ4v) is 4.03. The quantitative estimate of drug-likeness (QED) is 0.635. The molecule has 9 heteroatoms. The SMILES string of the molecule is O=C(CCc1c(Cl)cc(C(F)(F)F)cc1Cl)[C@@]1(F)CC[C@H](O)c2ncccc21. The topological polar surface area (TPSA) is 50.2 Å². The molecule has 0 saturated heterocycles. The zero-order valence-corrected chi connectivity index (χ0v) is 15.9. The van der Waals surface area contributed by atoms with E-state index >= 15 is 4.39 Å². The Morgan fingerprint density at radius 3 is 2.54 bits per heavy atom. The molecule has 1 heterocycles. The Morgan fingerprint density at radius 1 is 1.29 bits per heavy atom. The van der Waals surface area contributed by atoms with E-state index in [1.165, 1.54) is 18.3 Å². The molecule has 1 aromatic heterocycles. The molecule has 3 nitrogen and oxygen atoms in total. The van der Waals surface area contributed by atoms with Gasteiger partial charge in [0.2, 0.25) is 0 Å². The van der Waals surface area contributed by atoms with Crippen LogP contribution in [0.4, 0.5) is 17.6 Å². The standard InChI is InChI=1S/C19H15Cl2F4NO2/c20-13-8-10(19(23,24)25)9-14(21)11(13)3-4-16(28)18(22)6-5-15(27)17-12(18)2-1-7-26-17/h1-2,7-9,15,27H,3-6H2/t15-,18+/m0/s1. The predicted molar refractivity (Wildman–Crippen MR) is 96.0 cm³/mol. The Bertz CT molecular complexity index is 896. The fraction of sp³-hybridized carbons (Fsp3) is 0.368. The third-order valence-electron chi connectivity index (χ3n) is 4.86. The summed E-state index contributed by atoms with van der Waals surface area (Å²) in [6.45, 7) is 0. The summed E-state index contributed by atoms with van der Waals surface area (Å²) < 4.78 is 54.0. The van der Waals surface area contributed by atoms with Gasteiger partial charge < -0.3 is 5.11 Å². The van der Waals surface area contributed by atoms with Crippen molar-refractivity contribution in [2.75, 3.05) is 0 Å². The maximum atomic E-state index is 15.5. The number of hydrogen-bond acceptors (Lipinski definition) is 3. The largest absolute Gasteiger partial charge is 0.416 e. The first-order valence-corrected chi connectivity index (χ1v) is 9.20. The summed E-state index contributed by atoms with van der Waals surface area (Å²) in [7, 11) is 0. The molecule has 2 atom stereocenters. The third-order valence-corrected chi connectivity index (χ3v) is 5.53. The normalized spacial score (nSPS) is 22.0. The molecule has 0 radical (unpaired) electrons. The number of aromatic nitrogens is 1. The van der Waals surface area contributed by atoms with Crippen LogP contribution in [0.25, 0.3) is 0 Å². The van der Waals surface area contributed by atoms with E-state index in [1.54, 1.807) is 0 Å². The minimum absolute atomic E-state index is 0.0170. The van der Waals surface area contributed by atoms with Crippen molar-refractivity contribution < 1.29 is 27.5 Å². The first-order valence-electron chi connectivity index (χ1n) is 8.45. The van der Waals surface area contributed by atoms with E-state index in [4.69, 9.17) is 23.2 Å². The van der Waals surface area contributed by atoms with Crippen LogP contribution < -0.4 is 0 Å². The number of benzene rings is 1. The lowest BCUT2D eigenvalue weighted by molar-refractivity contribution is -0.137. The molecular weight excluding hydrogens is 421 g/mol. The van der Waals surface area contributed by atoms with E-state index in [-0.39, 0.29) is 52.5 Å². The van der Waals surface area contributed by atoms with Gasteiger partial charge in [0, 0.05) is 28.2 Å². The van der Waals surface area contributed by atoms with Crippen LogP contribution in [0.2, 0.25) is 10.0 Å². The number of aliphatic hydroxyl groups excluding tert-OH is 1. The van der Waals surface area contributed by atoms with Gasteiger partial charge >= 0.3 is 6.18 Å². The van der Waals surface area contributed by atoms with E-state index < -0.39 is 29.3 Å². The second-order valence-corrected chi connectivity index (χ2v) is 7.45. The molecule has 2 aromatic rings. The van der Waals surface area contributed by atoms with Gasteiger partial charge in [0.15, 0.2) is 11.5 Å². The van der Waals surface area contributed by atoms with Crippen LogP contribution in [0.5, 0.6) is 0 Å². The third kappa shape index (κ3) is 3.88. The Labute approximate surface area is 168 Å². The molecule has 1 aromatic carbocycles. The Morgan fingerprint density at radius 2 is 1.93 bits per heavy atom. The minimum Gasteiger partial charge on any atom is -0.387 e. The van der Waals surface area contributed by atoms with Gasteiger partial charge in [-0.1, -0.05) is 29.3 Å². The highest BCUT2D eigenvalue weighted by molar-refractivity contribution is 6.36. The van der Waals surface area contributed by atoms with Crippen molar-refractivity contribution in [2.45, 2.75) is 43.6 Å². The minimum atomic E-state index is -4.61. The van der Waals surface area contributed by atoms with E-state index in [1.807, 2.05) is 0 Å². The molecule has 0 fully saturated rings. The Hall–Kier alpha value is -1.70. The number of fused-ring (bicyclic) bond motifs is 1. The average molecular weight is 436 g/mol. The molecule has 0 aliphatic heterocycles. The van der Waals surface area contributed by atoms with Gasteiger partial charge in [0.25, 0.3) is 0 Å². The Balaban J connectivity index is 1.83. The number of Topliss-reactive ketones (excluding diaryl/α,β-unsaturated/α-hetero) is 1. The second kappa shape index (κ2) is 7.61. The van der Waals surface area contributed by atoms with E-state index in [9.17, 15) is 23.1 Å². The van der Waals surface area contributed by atoms with Crippen molar-refractivity contribution in [3.05, 3.63) is 62.9 Å². The highest BCUT2D eigenvalue weighted by Crippen LogP contribution is 2.44. The number of pyridine rings is 1. The first-order chi connectivity index (χ1) is 13.0. The monoisotopic (exact) mass is 435 g/mol. The summed E-state index contributed by atoms with van der Waals surface area (Å²) in [6.07, 6.45) is -4.76. The summed E-state index contributed by atoms with van der Waals surface area (Å²) in [5, 5.41) is 9.51. The molecule has 28 heavy (non-hydrogen) atoms. The maximum absolute atomic E-state index is 15.5. The molecule has 0 saturated carbocycles. The summed E-state index contributed by atoms with van der Waals surface area (Å²) in [5.74, 6) is -0.763. The van der Waals surface area contributed by atoms with Crippen molar-refractivity contribution in [2.24, 2.45) is 0 Å². The van der Waals surface area contributed by atoms with Crippen molar-refractivity contribution in [1.82, 2.24) is 4.98 Å². The zero-order valence-electron chi connectivity index (χ0n) is 14.4. The molecule has 0 unspecified atom stereocenters. The van der Waals surface area contributed by atoms with Crippen molar-refractivity contribution in [3.8, 4) is 0 Å². The van der Waals surface area contributed by atoms with Crippen molar-refractivity contribution >= 4 is 29.0 Å². The van der Waals surface area contributed by atoms with Crippen LogP contribution in [0.15, 0.2) is 30.5 Å². The number of halogens is 6. The highest BCUT2D eigenvalue weighted by atomic mass is 35.5. The molecular formula is C19H15Cl2F4NO2. The van der Waals surface area contributed by atoms with Gasteiger partial charge in [-0.2, -0.15) is 13.2 Å². The number of ketones is 1. The van der Waals surface area contributed by atoms with Gasteiger partial charge in [0.1, 0.15) is 0 Å². The number of carbonyl (C=O) groups excluding carboxylic acids is 1. The van der Waals surface area contributed by atoms with E-state index in [2.05, 4.69) is 4.98 Å². The van der Waals surface area contributed by atoms with Crippen LogP contribution in [0.1, 0.15) is 47.8 Å². The number of rotatable bonds is 4. The molecule has 1 N–H and O–H groups in total. The summed E-state index contributed by atoms with van der Waals surface area (Å²) in [5.41, 5.74) is -3.04. The van der Waals surface area contributed by atoms with Gasteiger partial charge in [-0.3, -0.25) is 9.78 Å². The van der Waals surface area contributed by atoms with Gasteiger partial charge in [-0.15, -0.1) is 0 Å². The molecule has 3 rings (SSSR count). The Kier molecular flexibility index (Phi) is 5.71. The molecule has 0 amide bonds. The maximum Gasteiger partial charge on any atom is 0.416 e. The number of nitrogens with zero attached hydrogens (tertiary/aromatic N) is 1. The van der Waals surface area contributed by atoms with Gasteiger partial charge in [0.05, 0.1) is 17.4 Å². The van der Waals surface area contributed by atoms with Gasteiger partial charge in [-0.25, -0.2) is 4.39 Å². The number of hydrogen-bond donors (Lipinski definition) is 1. The summed E-state index contributed by atoms with van der Waals surface area (Å²) >= 11 is 11.8. The predicted octanol–water partition coefficient (Wildman–Crippen LogP) is 5.60. The van der Waals surface area contributed by atoms with Crippen LogP contribution >= 0.6 is 23.2 Å². The average Bonchev–Trinajstić information content (AvgIpc) is 2.63. The number of aliphatic hydroxyl groups is 1. The number of carbonyl (C=O) groups is 1. The fourth-order valence-electron chi connectivity index (χ4n) is 3.36. The lowest BCUT2D eigenvalue weighted by Gasteiger charge is -2.32.